The SMILES string of the molecule is CCC(C)c1ccc(OCC23CC4CC(C2)CC(C(=O)OCc2ccc(S(=O)(=O)[O-])cc2)(C4)C3)cc1. The zero-order valence-corrected chi connectivity index (χ0v) is 21.9. The molecule has 4 bridgehead atoms. The summed E-state index contributed by atoms with van der Waals surface area (Å²) in [5, 5.41) is 0. The number of rotatable bonds is 9. The summed E-state index contributed by atoms with van der Waals surface area (Å²) in [6.45, 7) is 5.13. The zero-order valence-electron chi connectivity index (χ0n) is 21.1. The van der Waals surface area contributed by atoms with Gasteiger partial charge in [0.05, 0.1) is 16.9 Å². The molecule has 3 unspecified atom stereocenters. The Balaban J connectivity index is 1.24. The second-order valence-electron chi connectivity index (χ2n) is 11.6. The molecular formula is C29H35O6S-. The van der Waals surface area contributed by atoms with Crippen LogP contribution in [0.4, 0.5) is 0 Å². The molecule has 0 amide bonds. The molecule has 2 aromatic rings. The highest BCUT2D eigenvalue weighted by Crippen LogP contribution is 2.65. The lowest BCUT2D eigenvalue weighted by molar-refractivity contribution is -0.185. The van der Waals surface area contributed by atoms with Crippen LogP contribution in [0.15, 0.2) is 53.4 Å². The van der Waals surface area contributed by atoms with Crippen molar-refractivity contribution in [1.29, 1.82) is 0 Å². The van der Waals surface area contributed by atoms with E-state index in [0.717, 1.165) is 44.3 Å². The van der Waals surface area contributed by atoms with Crippen molar-refractivity contribution >= 4 is 16.1 Å². The Kier molecular flexibility index (Phi) is 6.66. The third kappa shape index (κ3) is 5.05. The van der Waals surface area contributed by atoms with Crippen molar-refractivity contribution in [3.63, 3.8) is 0 Å². The normalized spacial score (nSPS) is 29.6. The Morgan fingerprint density at radius 2 is 1.67 bits per heavy atom. The minimum absolute atomic E-state index is 0.00260. The van der Waals surface area contributed by atoms with Crippen LogP contribution in [0.2, 0.25) is 0 Å². The molecule has 4 aliphatic carbocycles. The molecule has 36 heavy (non-hydrogen) atoms. The van der Waals surface area contributed by atoms with Crippen LogP contribution in [0.1, 0.15) is 75.8 Å². The van der Waals surface area contributed by atoms with Gasteiger partial charge in [-0.1, -0.05) is 38.1 Å². The summed E-state index contributed by atoms with van der Waals surface area (Å²) in [5.41, 5.74) is 1.53. The average Bonchev–Trinajstić information content (AvgIpc) is 2.85. The molecule has 4 saturated carbocycles. The van der Waals surface area contributed by atoms with Crippen molar-refractivity contribution in [2.24, 2.45) is 22.7 Å². The van der Waals surface area contributed by atoms with Gasteiger partial charge in [0.2, 0.25) is 0 Å². The van der Waals surface area contributed by atoms with E-state index >= 15 is 0 Å². The Bertz CT molecular complexity index is 1190. The van der Waals surface area contributed by atoms with Gasteiger partial charge in [-0.15, -0.1) is 0 Å². The summed E-state index contributed by atoms with van der Waals surface area (Å²) < 4.78 is 45.6. The van der Waals surface area contributed by atoms with E-state index in [2.05, 4.69) is 38.1 Å². The van der Waals surface area contributed by atoms with Gasteiger partial charge in [-0.2, -0.15) is 0 Å². The van der Waals surface area contributed by atoms with E-state index < -0.39 is 15.5 Å². The maximum atomic E-state index is 13.4. The van der Waals surface area contributed by atoms with E-state index in [1.54, 1.807) is 0 Å². The van der Waals surface area contributed by atoms with Crippen LogP contribution >= 0.6 is 0 Å². The molecule has 0 N–H and O–H groups in total. The molecule has 0 aromatic heterocycles. The first-order chi connectivity index (χ1) is 17.1. The van der Waals surface area contributed by atoms with Crippen molar-refractivity contribution in [2.45, 2.75) is 76.2 Å². The van der Waals surface area contributed by atoms with Gasteiger partial charge in [0.1, 0.15) is 22.5 Å². The van der Waals surface area contributed by atoms with Gasteiger partial charge >= 0.3 is 5.97 Å². The first-order valence-corrected chi connectivity index (χ1v) is 14.5. The largest absolute Gasteiger partial charge is 0.744 e. The predicted octanol–water partition coefficient (Wildman–Crippen LogP) is 5.81. The highest BCUT2D eigenvalue weighted by atomic mass is 32.2. The fourth-order valence-corrected chi connectivity index (χ4v) is 7.75. The highest BCUT2D eigenvalue weighted by Gasteiger charge is 2.61. The first-order valence-electron chi connectivity index (χ1n) is 13.0. The van der Waals surface area contributed by atoms with Crippen LogP contribution in [-0.2, 0) is 26.3 Å². The summed E-state index contributed by atoms with van der Waals surface area (Å²) in [6, 6.07) is 14.0. The monoisotopic (exact) mass is 511 g/mol. The van der Waals surface area contributed by atoms with E-state index in [-0.39, 0.29) is 22.9 Å². The number of carbonyl (C=O) groups excluding carboxylic acids is 1. The Hall–Kier alpha value is -2.38. The molecule has 0 saturated heterocycles. The lowest BCUT2D eigenvalue weighted by atomic mass is 9.44. The lowest BCUT2D eigenvalue weighted by Gasteiger charge is -2.60. The Morgan fingerprint density at radius 1 is 1.03 bits per heavy atom. The van der Waals surface area contributed by atoms with Crippen molar-refractivity contribution < 1.29 is 27.2 Å². The number of ether oxygens (including phenoxy) is 2. The number of carbonyl (C=O) groups is 1. The molecule has 6 nitrogen and oxygen atoms in total. The molecule has 7 heteroatoms. The standard InChI is InChI=1S/C29H36O6S/c1-3-20(2)24-6-8-25(9-7-24)35-19-28-13-22-12-23(14-28)16-29(15-22,18-28)27(30)34-17-21-4-10-26(11-5-21)36(31,32)33/h4-11,20,22-23H,3,12-19H2,1-2H3,(H,31,32,33)/p-1. The fourth-order valence-electron chi connectivity index (χ4n) is 7.28. The van der Waals surface area contributed by atoms with Crippen molar-refractivity contribution in [3.8, 4) is 5.75 Å². The predicted molar refractivity (Wildman–Crippen MR) is 134 cm³/mol. The van der Waals surface area contributed by atoms with Crippen molar-refractivity contribution in [3.05, 3.63) is 59.7 Å². The van der Waals surface area contributed by atoms with Crippen LogP contribution in [0.3, 0.4) is 0 Å². The topological polar surface area (TPSA) is 92.7 Å². The fraction of sp³-hybridized carbons (Fsp3) is 0.552. The quantitative estimate of drug-likeness (QED) is 0.311. The van der Waals surface area contributed by atoms with Crippen LogP contribution < -0.4 is 4.74 Å². The molecule has 0 spiro atoms. The van der Waals surface area contributed by atoms with E-state index in [1.807, 2.05) is 0 Å². The molecule has 6 rings (SSSR count). The van der Waals surface area contributed by atoms with Crippen LogP contribution in [-0.4, -0.2) is 25.5 Å². The van der Waals surface area contributed by atoms with Gasteiger partial charge in [0.15, 0.2) is 0 Å². The first kappa shape index (κ1) is 25.3. The average molecular weight is 512 g/mol. The van der Waals surface area contributed by atoms with Crippen LogP contribution in [0.25, 0.3) is 0 Å². The third-order valence-electron chi connectivity index (χ3n) is 8.80. The number of hydrogen-bond acceptors (Lipinski definition) is 6. The third-order valence-corrected chi connectivity index (χ3v) is 9.65. The summed E-state index contributed by atoms with van der Waals surface area (Å²) in [6.07, 6.45) is 7.05. The van der Waals surface area contributed by atoms with E-state index in [9.17, 15) is 17.8 Å². The lowest BCUT2D eigenvalue weighted by Crippen LogP contribution is -2.57. The molecule has 0 aliphatic heterocycles. The second-order valence-corrected chi connectivity index (χ2v) is 13.0. The molecule has 2 aromatic carbocycles. The maximum absolute atomic E-state index is 13.4. The molecule has 3 atom stereocenters. The Morgan fingerprint density at radius 3 is 2.25 bits per heavy atom. The number of hydrogen-bond donors (Lipinski definition) is 0. The van der Waals surface area contributed by atoms with Crippen molar-refractivity contribution in [1.82, 2.24) is 0 Å². The minimum Gasteiger partial charge on any atom is -0.744 e. The van der Waals surface area contributed by atoms with E-state index in [4.69, 9.17) is 9.47 Å². The van der Waals surface area contributed by atoms with Crippen LogP contribution in [0, 0.1) is 22.7 Å². The molecular weight excluding hydrogens is 476 g/mol. The number of benzene rings is 2. The molecule has 4 fully saturated rings. The zero-order chi connectivity index (χ0) is 25.6. The Labute approximate surface area is 214 Å². The maximum Gasteiger partial charge on any atom is 0.312 e. The van der Waals surface area contributed by atoms with Gasteiger partial charge < -0.3 is 14.0 Å². The minimum atomic E-state index is -4.49. The van der Waals surface area contributed by atoms with Gasteiger partial charge in [0, 0.05) is 5.41 Å². The summed E-state index contributed by atoms with van der Waals surface area (Å²) >= 11 is 0. The van der Waals surface area contributed by atoms with E-state index in [0.29, 0.717) is 29.9 Å². The summed E-state index contributed by atoms with van der Waals surface area (Å²) in [4.78, 5) is 13.2. The smallest absolute Gasteiger partial charge is 0.312 e. The van der Waals surface area contributed by atoms with E-state index in [1.165, 1.54) is 36.2 Å². The summed E-state index contributed by atoms with van der Waals surface area (Å²) in [5.74, 6) is 2.32. The summed E-state index contributed by atoms with van der Waals surface area (Å²) in [7, 11) is -4.49. The van der Waals surface area contributed by atoms with Crippen LogP contribution in [0.5, 0.6) is 5.75 Å². The molecule has 0 radical (unpaired) electrons. The highest BCUT2D eigenvalue weighted by molar-refractivity contribution is 7.85. The second kappa shape index (κ2) is 9.49. The molecule has 4 aliphatic rings. The molecule has 194 valence electrons. The molecule has 0 heterocycles. The van der Waals surface area contributed by atoms with Gasteiger partial charge in [-0.05, 0) is 98.1 Å². The van der Waals surface area contributed by atoms with Gasteiger partial charge in [-0.3, -0.25) is 4.79 Å². The van der Waals surface area contributed by atoms with Crippen molar-refractivity contribution in [2.75, 3.05) is 6.61 Å². The van der Waals surface area contributed by atoms with Gasteiger partial charge in [0.25, 0.3) is 0 Å². The van der Waals surface area contributed by atoms with Gasteiger partial charge in [-0.25, -0.2) is 8.42 Å². The number of esters is 1.